The van der Waals surface area contributed by atoms with Gasteiger partial charge in [-0.1, -0.05) is 76.0 Å². The van der Waals surface area contributed by atoms with Crippen molar-refractivity contribution in [2.24, 2.45) is 5.92 Å². The van der Waals surface area contributed by atoms with Crippen molar-refractivity contribution in [2.45, 2.75) is 88.9 Å². The summed E-state index contributed by atoms with van der Waals surface area (Å²) in [5.74, 6) is 2.93. The maximum atomic E-state index is 6.01. The van der Waals surface area contributed by atoms with Gasteiger partial charge in [0.25, 0.3) is 0 Å². The van der Waals surface area contributed by atoms with Gasteiger partial charge in [0.15, 0.2) is 5.89 Å². The number of aromatic nitrogens is 1. The lowest BCUT2D eigenvalue weighted by atomic mass is 9.80. The zero-order valence-corrected chi connectivity index (χ0v) is 20.8. The highest BCUT2D eigenvalue weighted by Crippen LogP contribution is 2.60. The van der Waals surface area contributed by atoms with Crippen molar-refractivity contribution in [1.29, 1.82) is 0 Å². The van der Waals surface area contributed by atoms with Crippen LogP contribution < -0.4 is 0 Å². The summed E-state index contributed by atoms with van der Waals surface area (Å²) >= 11 is 0. The Morgan fingerprint density at radius 1 is 0.929 bits per heavy atom. The van der Waals surface area contributed by atoms with E-state index in [1.807, 2.05) is 6.20 Å². The molecule has 1 fully saturated rings. The van der Waals surface area contributed by atoms with Crippen LogP contribution in [0.15, 0.2) is 40.9 Å². The summed E-state index contributed by atoms with van der Waals surface area (Å²) in [6.07, 6.45) is 9.00. The molecule has 1 aliphatic carbocycles. The molecular formula is C24H39NOSi2. The topological polar surface area (TPSA) is 26.0 Å². The van der Waals surface area contributed by atoms with E-state index >= 15 is 0 Å². The zero-order chi connectivity index (χ0) is 20.4. The third-order valence-electron chi connectivity index (χ3n) is 6.68. The van der Waals surface area contributed by atoms with Crippen LogP contribution in [0.1, 0.15) is 36.5 Å². The molecule has 4 heteroatoms. The molecular weight excluding hydrogens is 374 g/mol. The smallest absolute Gasteiger partial charge is 0.194 e. The molecule has 3 rings (SSSR count). The molecule has 0 saturated heterocycles. The molecule has 0 N–H and O–H groups in total. The van der Waals surface area contributed by atoms with Gasteiger partial charge in [-0.25, -0.2) is 4.98 Å². The number of hydrogen-bond donors (Lipinski definition) is 0. The predicted molar refractivity (Wildman–Crippen MR) is 126 cm³/mol. The molecule has 1 heterocycles. The lowest BCUT2D eigenvalue weighted by molar-refractivity contribution is 0.272. The summed E-state index contributed by atoms with van der Waals surface area (Å²) in [6, 6.07) is 10.6. The monoisotopic (exact) mass is 413 g/mol. The second kappa shape index (κ2) is 8.70. The average molecular weight is 414 g/mol. The highest BCUT2D eigenvalue weighted by Gasteiger charge is 2.51. The van der Waals surface area contributed by atoms with Gasteiger partial charge in [0.05, 0.1) is 6.20 Å². The van der Waals surface area contributed by atoms with Crippen LogP contribution in [0.2, 0.25) is 50.4 Å². The van der Waals surface area contributed by atoms with Gasteiger partial charge in [0, 0.05) is 29.0 Å². The van der Waals surface area contributed by atoms with E-state index in [1.165, 1.54) is 24.8 Å². The Kier molecular flexibility index (Phi) is 6.70. The first-order valence-corrected chi connectivity index (χ1v) is 18.3. The van der Waals surface area contributed by atoms with Gasteiger partial charge in [-0.15, -0.1) is 0 Å². The molecule has 0 bridgehead atoms. The van der Waals surface area contributed by atoms with Gasteiger partial charge in [0.2, 0.25) is 0 Å². The lowest BCUT2D eigenvalue weighted by Gasteiger charge is -2.56. The standard InChI is InChI=1S/C24H39NOSi2/c1-27(2,3)22-17-20(24(22)28(4,5)6)13-10-14-21-18-25-23(26-21)16-15-19-11-8-7-9-12-19/h7-9,11-12,18,20,22,24H,10,13-17H2,1-6H3. The molecule has 0 radical (unpaired) electrons. The van der Waals surface area contributed by atoms with Crippen molar-refractivity contribution in [3.05, 3.63) is 53.7 Å². The summed E-state index contributed by atoms with van der Waals surface area (Å²) in [7, 11) is -2.10. The Labute approximate surface area is 174 Å². The minimum Gasteiger partial charge on any atom is -0.446 e. The van der Waals surface area contributed by atoms with Crippen LogP contribution >= 0.6 is 0 Å². The van der Waals surface area contributed by atoms with Crippen LogP contribution in [-0.4, -0.2) is 21.1 Å². The van der Waals surface area contributed by atoms with Crippen LogP contribution in [0.3, 0.4) is 0 Å². The van der Waals surface area contributed by atoms with Crippen molar-refractivity contribution in [1.82, 2.24) is 4.98 Å². The number of nitrogens with zero attached hydrogens (tertiary/aromatic N) is 1. The molecule has 0 amide bonds. The molecule has 154 valence electrons. The molecule has 1 saturated carbocycles. The Hall–Kier alpha value is -1.14. The summed E-state index contributed by atoms with van der Waals surface area (Å²) in [6.45, 7) is 15.5. The van der Waals surface area contributed by atoms with Crippen molar-refractivity contribution < 1.29 is 4.42 Å². The van der Waals surface area contributed by atoms with Crippen molar-refractivity contribution >= 4 is 16.1 Å². The average Bonchev–Trinajstić information content (AvgIpc) is 3.01. The molecule has 1 aromatic carbocycles. The largest absolute Gasteiger partial charge is 0.446 e. The summed E-state index contributed by atoms with van der Waals surface area (Å²) in [5, 5.41) is 0. The van der Waals surface area contributed by atoms with Gasteiger partial charge in [-0.2, -0.15) is 0 Å². The molecule has 2 nitrogen and oxygen atoms in total. The molecule has 28 heavy (non-hydrogen) atoms. The van der Waals surface area contributed by atoms with Gasteiger partial charge < -0.3 is 4.42 Å². The number of oxazole rings is 1. The van der Waals surface area contributed by atoms with Crippen molar-refractivity contribution in [3.8, 4) is 0 Å². The Morgan fingerprint density at radius 2 is 1.64 bits per heavy atom. The fourth-order valence-corrected chi connectivity index (χ4v) is 13.7. The first kappa shape index (κ1) is 21.6. The van der Waals surface area contributed by atoms with Crippen LogP contribution in [0.5, 0.6) is 0 Å². The SMILES string of the molecule is C[Si](C)(C)C1CC(CCCc2cnc(CCc3ccccc3)o2)C1[Si](C)(C)C. The molecule has 3 atom stereocenters. The van der Waals surface area contributed by atoms with Gasteiger partial charge in [0.1, 0.15) is 5.76 Å². The summed E-state index contributed by atoms with van der Waals surface area (Å²) in [4.78, 5) is 4.51. The van der Waals surface area contributed by atoms with E-state index in [4.69, 9.17) is 4.42 Å². The van der Waals surface area contributed by atoms with E-state index in [1.54, 1.807) is 0 Å². The van der Waals surface area contributed by atoms with Crippen LogP contribution in [0.4, 0.5) is 0 Å². The quantitative estimate of drug-likeness (QED) is 0.406. The first-order chi connectivity index (χ1) is 13.1. The Bertz CT molecular complexity index is 742. The second-order valence-electron chi connectivity index (χ2n) is 11.0. The number of aryl methyl sites for hydroxylation is 3. The number of hydrogen-bond acceptors (Lipinski definition) is 2. The Balaban J connectivity index is 1.46. The molecule has 0 aliphatic heterocycles. The number of rotatable bonds is 9. The van der Waals surface area contributed by atoms with Crippen LogP contribution in [0.25, 0.3) is 0 Å². The molecule has 1 aliphatic rings. The van der Waals surface area contributed by atoms with Crippen LogP contribution in [0, 0.1) is 5.92 Å². The van der Waals surface area contributed by atoms with Crippen LogP contribution in [-0.2, 0) is 19.3 Å². The molecule has 2 aromatic rings. The highest BCUT2D eigenvalue weighted by molar-refractivity contribution is 6.84. The Morgan fingerprint density at radius 3 is 2.29 bits per heavy atom. The summed E-state index contributed by atoms with van der Waals surface area (Å²) < 4.78 is 6.01. The van der Waals surface area contributed by atoms with E-state index in [9.17, 15) is 0 Å². The predicted octanol–water partition coefficient (Wildman–Crippen LogP) is 7.22. The fourth-order valence-electron chi connectivity index (χ4n) is 5.27. The third kappa shape index (κ3) is 5.47. The van der Waals surface area contributed by atoms with E-state index < -0.39 is 16.1 Å². The van der Waals surface area contributed by atoms with Crippen molar-refractivity contribution in [3.63, 3.8) is 0 Å². The third-order valence-corrected chi connectivity index (χ3v) is 12.7. The number of benzene rings is 1. The van der Waals surface area contributed by atoms with Gasteiger partial charge >= 0.3 is 0 Å². The normalized spacial score (nSPS) is 22.9. The molecule has 0 spiro atoms. The van der Waals surface area contributed by atoms with Crippen molar-refractivity contribution in [2.75, 3.05) is 0 Å². The zero-order valence-electron chi connectivity index (χ0n) is 18.8. The van der Waals surface area contributed by atoms with E-state index in [-0.39, 0.29) is 0 Å². The van der Waals surface area contributed by atoms with E-state index in [2.05, 4.69) is 74.6 Å². The second-order valence-corrected chi connectivity index (χ2v) is 21.8. The van der Waals surface area contributed by atoms with E-state index in [0.29, 0.717) is 0 Å². The maximum absolute atomic E-state index is 6.01. The first-order valence-electron chi connectivity index (χ1n) is 11.1. The summed E-state index contributed by atoms with van der Waals surface area (Å²) in [5.41, 5.74) is 3.44. The van der Waals surface area contributed by atoms with Gasteiger partial charge in [-0.3, -0.25) is 0 Å². The van der Waals surface area contributed by atoms with Gasteiger partial charge in [-0.05, 0) is 41.8 Å². The minimum absolute atomic E-state index is 0.890. The highest BCUT2D eigenvalue weighted by atomic mass is 28.3. The molecule has 1 aromatic heterocycles. The minimum atomic E-state index is -1.08. The fraction of sp³-hybridized carbons (Fsp3) is 0.625. The maximum Gasteiger partial charge on any atom is 0.194 e. The van der Waals surface area contributed by atoms with E-state index in [0.717, 1.165) is 47.9 Å². The lowest BCUT2D eigenvalue weighted by Crippen LogP contribution is -2.51. The molecule has 3 unspecified atom stereocenters.